The lowest BCUT2D eigenvalue weighted by Gasteiger charge is -2.37. The summed E-state index contributed by atoms with van der Waals surface area (Å²) >= 11 is 1.11. The van der Waals surface area contributed by atoms with Crippen LogP contribution in [0.25, 0.3) is 0 Å². The van der Waals surface area contributed by atoms with E-state index in [1.807, 2.05) is 6.92 Å². The van der Waals surface area contributed by atoms with Crippen LogP contribution in [0, 0.1) is 11.6 Å². The van der Waals surface area contributed by atoms with E-state index < -0.39 is 20.0 Å². The molecule has 0 unspecified atom stereocenters. The number of anilines is 1. The van der Waals surface area contributed by atoms with Crippen molar-refractivity contribution >= 4 is 32.2 Å². The third-order valence-electron chi connectivity index (χ3n) is 5.62. The second-order valence-electron chi connectivity index (χ2n) is 9.41. The van der Waals surface area contributed by atoms with Gasteiger partial charge in [-0.3, -0.25) is 4.79 Å². The number of carbonyl (C=O) groups excluding carboxylic acids is 1. The van der Waals surface area contributed by atoms with Gasteiger partial charge in [0.05, 0.1) is 6.61 Å². The number of rotatable bonds is 12. The molecule has 0 aliphatic heterocycles. The first kappa shape index (κ1) is 27.9. The Labute approximate surface area is 205 Å². The van der Waals surface area contributed by atoms with Gasteiger partial charge in [-0.15, -0.1) is 0 Å². The number of thioether (sulfide) groups is 1. The van der Waals surface area contributed by atoms with Crippen LogP contribution in [0.4, 0.5) is 14.6 Å². The number of benzene rings is 1. The minimum absolute atomic E-state index is 0.0668. The molecule has 10 heteroatoms. The minimum Gasteiger partial charge on any atom is -0.473 e. The SMILES string of the molecule is C=CCOc1nc(SCc2cccc(F)c2F)nc(N[C@H](C)CO[Si](C)(C)C(C)(C)C)c1C=O. The molecule has 1 atom stereocenters. The van der Waals surface area contributed by atoms with Crippen molar-refractivity contribution in [2.75, 3.05) is 18.5 Å². The van der Waals surface area contributed by atoms with Crippen LogP contribution in [0.3, 0.4) is 0 Å². The molecule has 0 spiro atoms. The van der Waals surface area contributed by atoms with E-state index in [0.29, 0.717) is 12.9 Å². The third kappa shape index (κ3) is 7.35. The first-order valence-corrected chi connectivity index (χ1v) is 14.9. The molecule has 186 valence electrons. The maximum absolute atomic E-state index is 14.1. The van der Waals surface area contributed by atoms with Crippen LogP contribution < -0.4 is 10.1 Å². The normalized spacial score (nSPS) is 12.8. The van der Waals surface area contributed by atoms with Crippen molar-refractivity contribution in [1.82, 2.24) is 9.97 Å². The van der Waals surface area contributed by atoms with Gasteiger partial charge in [0, 0.05) is 17.4 Å². The van der Waals surface area contributed by atoms with Gasteiger partial charge >= 0.3 is 0 Å². The Balaban J connectivity index is 2.27. The van der Waals surface area contributed by atoms with Crippen molar-refractivity contribution in [3.8, 4) is 5.88 Å². The van der Waals surface area contributed by atoms with Crippen molar-refractivity contribution in [1.29, 1.82) is 0 Å². The lowest BCUT2D eigenvalue weighted by Crippen LogP contribution is -2.43. The Kier molecular flexibility index (Phi) is 9.78. The van der Waals surface area contributed by atoms with Gasteiger partial charge in [0.1, 0.15) is 18.0 Å². The molecule has 1 aromatic carbocycles. The standard InChI is InChI=1S/C24H33F2N3O3SSi/c1-8-12-31-22-18(13-30)21(27-16(2)14-32-34(6,7)24(3,4)5)28-23(29-22)33-15-17-10-9-11-19(25)20(17)26/h8-11,13,16H,1,12,14-15H2,2-7H3,(H,27,28,29)/t16-/m1/s1. The number of nitrogens with zero attached hydrogens (tertiary/aromatic N) is 2. The van der Waals surface area contributed by atoms with Gasteiger partial charge in [0.2, 0.25) is 5.88 Å². The zero-order valence-electron chi connectivity index (χ0n) is 20.6. The van der Waals surface area contributed by atoms with Crippen LogP contribution in [-0.4, -0.2) is 43.8 Å². The van der Waals surface area contributed by atoms with E-state index >= 15 is 0 Å². The molecule has 0 aliphatic carbocycles. The average Bonchev–Trinajstić information content (AvgIpc) is 2.76. The Morgan fingerprint density at radius 1 is 1.26 bits per heavy atom. The number of hydrogen-bond donors (Lipinski definition) is 1. The van der Waals surface area contributed by atoms with Crippen LogP contribution in [0.2, 0.25) is 18.1 Å². The second-order valence-corrected chi connectivity index (χ2v) is 15.2. The number of ether oxygens (including phenoxy) is 1. The smallest absolute Gasteiger partial charge is 0.230 e. The molecule has 1 heterocycles. The van der Waals surface area contributed by atoms with Gasteiger partial charge in [-0.25, -0.2) is 13.8 Å². The number of halogens is 2. The lowest BCUT2D eigenvalue weighted by molar-refractivity contribution is 0.111. The Morgan fingerprint density at radius 2 is 1.97 bits per heavy atom. The summed E-state index contributed by atoms with van der Waals surface area (Å²) in [4.78, 5) is 20.6. The molecular formula is C24H33F2N3O3SSi. The number of nitrogens with one attached hydrogen (secondary N) is 1. The molecule has 0 bridgehead atoms. The summed E-state index contributed by atoms with van der Waals surface area (Å²) in [6, 6.07) is 3.85. The Morgan fingerprint density at radius 3 is 2.59 bits per heavy atom. The average molecular weight is 510 g/mol. The van der Waals surface area contributed by atoms with E-state index in [1.165, 1.54) is 18.2 Å². The van der Waals surface area contributed by atoms with E-state index in [2.05, 4.69) is 55.7 Å². The van der Waals surface area contributed by atoms with Gasteiger partial charge in [0.15, 0.2) is 31.4 Å². The molecule has 0 fully saturated rings. The lowest BCUT2D eigenvalue weighted by atomic mass is 10.2. The largest absolute Gasteiger partial charge is 0.473 e. The monoisotopic (exact) mass is 509 g/mol. The summed E-state index contributed by atoms with van der Waals surface area (Å²) in [6.45, 7) is 17.0. The predicted octanol–water partition coefficient (Wildman–Crippen LogP) is 6.25. The highest BCUT2D eigenvalue weighted by Gasteiger charge is 2.37. The zero-order valence-corrected chi connectivity index (χ0v) is 22.4. The number of aromatic nitrogens is 2. The van der Waals surface area contributed by atoms with Gasteiger partial charge in [0.25, 0.3) is 0 Å². The molecule has 0 saturated carbocycles. The highest BCUT2D eigenvalue weighted by Crippen LogP contribution is 2.36. The van der Waals surface area contributed by atoms with Crippen LogP contribution >= 0.6 is 11.8 Å². The van der Waals surface area contributed by atoms with Crippen molar-refractivity contribution in [2.45, 2.75) is 62.8 Å². The van der Waals surface area contributed by atoms with E-state index in [9.17, 15) is 13.6 Å². The first-order chi connectivity index (χ1) is 15.9. The maximum Gasteiger partial charge on any atom is 0.230 e. The fourth-order valence-electron chi connectivity index (χ4n) is 2.59. The third-order valence-corrected chi connectivity index (χ3v) is 11.0. The topological polar surface area (TPSA) is 73.3 Å². The van der Waals surface area contributed by atoms with Crippen molar-refractivity contribution in [2.24, 2.45) is 0 Å². The van der Waals surface area contributed by atoms with Crippen LogP contribution in [0.15, 0.2) is 36.0 Å². The summed E-state index contributed by atoms with van der Waals surface area (Å²) in [5, 5.41) is 3.55. The van der Waals surface area contributed by atoms with E-state index in [1.54, 1.807) is 0 Å². The summed E-state index contributed by atoms with van der Waals surface area (Å²) in [7, 11) is -1.95. The molecule has 2 rings (SSSR count). The maximum atomic E-state index is 14.1. The zero-order chi connectivity index (χ0) is 25.5. The first-order valence-electron chi connectivity index (χ1n) is 11.0. The van der Waals surface area contributed by atoms with E-state index in [-0.39, 0.29) is 51.4 Å². The highest BCUT2D eigenvalue weighted by molar-refractivity contribution is 7.98. The number of aldehydes is 1. The van der Waals surface area contributed by atoms with Crippen LogP contribution in [0.5, 0.6) is 5.88 Å². The van der Waals surface area contributed by atoms with E-state index in [0.717, 1.165) is 17.8 Å². The predicted molar refractivity (Wildman–Crippen MR) is 135 cm³/mol. The molecule has 34 heavy (non-hydrogen) atoms. The summed E-state index contributed by atoms with van der Waals surface area (Å²) in [6.07, 6.45) is 2.16. The summed E-state index contributed by atoms with van der Waals surface area (Å²) < 4.78 is 39.4. The van der Waals surface area contributed by atoms with Gasteiger partial charge in [-0.05, 0) is 31.1 Å². The molecule has 0 saturated heterocycles. The van der Waals surface area contributed by atoms with E-state index in [4.69, 9.17) is 9.16 Å². The summed E-state index contributed by atoms with van der Waals surface area (Å²) in [5.74, 6) is -1.33. The molecule has 1 N–H and O–H groups in total. The van der Waals surface area contributed by atoms with Crippen molar-refractivity contribution < 1.29 is 22.7 Å². The number of hydrogen-bond acceptors (Lipinski definition) is 7. The summed E-state index contributed by atoms with van der Waals surface area (Å²) in [5.41, 5.74) is 0.356. The molecule has 2 aromatic rings. The Bertz CT molecular complexity index is 1020. The fourth-order valence-corrected chi connectivity index (χ4v) is 4.50. The van der Waals surface area contributed by atoms with Crippen molar-refractivity contribution in [3.63, 3.8) is 0 Å². The van der Waals surface area contributed by atoms with Gasteiger partial charge in [-0.1, -0.05) is 57.3 Å². The van der Waals surface area contributed by atoms with Gasteiger partial charge < -0.3 is 14.5 Å². The molecule has 0 radical (unpaired) electrons. The Hall–Kier alpha value is -2.30. The molecule has 6 nitrogen and oxygen atoms in total. The molecule has 1 aromatic heterocycles. The quantitative estimate of drug-likeness (QED) is 0.119. The van der Waals surface area contributed by atoms with Crippen LogP contribution in [-0.2, 0) is 10.2 Å². The second kappa shape index (κ2) is 11.9. The number of carbonyl (C=O) groups is 1. The molecule has 0 amide bonds. The fraction of sp³-hybridized carbons (Fsp3) is 0.458. The minimum atomic E-state index is -1.95. The molecular weight excluding hydrogens is 476 g/mol. The molecule has 0 aliphatic rings. The highest BCUT2D eigenvalue weighted by atomic mass is 32.2. The van der Waals surface area contributed by atoms with Gasteiger partial charge in [-0.2, -0.15) is 4.98 Å². The van der Waals surface area contributed by atoms with Crippen LogP contribution in [0.1, 0.15) is 43.6 Å². The van der Waals surface area contributed by atoms with Crippen molar-refractivity contribution in [3.05, 3.63) is 53.6 Å².